The molecule has 0 radical (unpaired) electrons. The summed E-state index contributed by atoms with van der Waals surface area (Å²) in [5.74, 6) is -1.04. The van der Waals surface area contributed by atoms with Gasteiger partial charge in [0, 0.05) is 25.4 Å². The van der Waals surface area contributed by atoms with Crippen LogP contribution in [0.5, 0.6) is 0 Å². The second-order valence-electron chi connectivity index (χ2n) is 4.31. The van der Waals surface area contributed by atoms with Crippen LogP contribution in [0.1, 0.15) is 24.8 Å². The summed E-state index contributed by atoms with van der Waals surface area (Å²) >= 11 is 0. The lowest BCUT2D eigenvalue weighted by Crippen LogP contribution is -2.42. The number of nitrogens with two attached hydrogens (primary N) is 1. The average Bonchev–Trinajstić information content (AvgIpc) is 2.38. The van der Waals surface area contributed by atoms with Gasteiger partial charge in [-0.15, -0.1) is 0 Å². The van der Waals surface area contributed by atoms with E-state index in [4.69, 9.17) is 10.8 Å². The van der Waals surface area contributed by atoms with Gasteiger partial charge in [0.1, 0.15) is 0 Å². The number of carboxylic acid groups (broad SMARTS) is 1. The van der Waals surface area contributed by atoms with Crippen molar-refractivity contribution < 1.29 is 14.7 Å². The molecular weight excluding hydrogens is 246 g/mol. The van der Waals surface area contributed by atoms with E-state index < -0.39 is 12.0 Å². The number of unbranched alkanes of at least 4 members (excludes halogenated alkanes) is 1. The molecule has 1 aromatic heterocycles. The summed E-state index contributed by atoms with van der Waals surface area (Å²) in [6.07, 6.45) is 5.09. The Morgan fingerprint density at radius 3 is 2.84 bits per heavy atom. The monoisotopic (exact) mass is 265 g/mol. The third-order valence-electron chi connectivity index (χ3n) is 2.63. The molecule has 19 heavy (non-hydrogen) atoms. The van der Waals surface area contributed by atoms with Crippen LogP contribution >= 0.6 is 0 Å². The standard InChI is InChI=1S/C13H19N3O3/c14-11(8-10-4-3-6-15-9-10)13(19)16-7-2-1-5-12(17)18/h3-4,6,9,11H,1-2,5,7-8,14H2,(H,16,19)(H,17,18)/t11-/m0/s1. The number of nitrogens with zero attached hydrogens (tertiary/aromatic N) is 1. The molecular formula is C13H19N3O3. The normalized spacial score (nSPS) is 11.8. The zero-order valence-corrected chi connectivity index (χ0v) is 10.7. The Hall–Kier alpha value is -1.95. The Bertz CT molecular complexity index is 409. The van der Waals surface area contributed by atoms with Gasteiger partial charge in [-0.3, -0.25) is 14.6 Å². The molecule has 1 heterocycles. The maximum atomic E-state index is 11.7. The number of hydrogen-bond acceptors (Lipinski definition) is 4. The summed E-state index contributed by atoms with van der Waals surface area (Å²) in [5.41, 5.74) is 6.69. The fraction of sp³-hybridized carbons (Fsp3) is 0.462. The first-order chi connectivity index (χ1) is 9.09. The number of rotatable bonds is 8. The first-order valence-electron chi connectivity index (χ1n) is 6.23. The number of carbonyl (C=O) groups is 2. The Balaban J connectivity index is 2.20. The van der Waals surface area contributed by atoms with E-state index in [2.05, 4.69) is 10.3 Å². The molecule has 0 bridgehead atoms. The largest absolute Gasteiger partial charge is 0.481 e. The van der Waals surface area contributed by atoms with Crippen LogP contribution in [0.4, 0.5) is 0 Å². The number of carboxylic acids is 1. The van der Waals surface area contributed by atoms with Crippen molar-refractivity contribution in [3.63, 3.8) is 0 Å². The second-order valence-corrected chi connectivity index (χ2v) is 4.31. The third kappa shape index (κ3) is 6.52. The summed E-state index contributed by atoms with van der Waals surface area (Å²) in [4.78, 5) is 25.9. The van der Waals surface area contributed by atoms with E-state index in [0.29, 0.717) is 25.8 Å². The van der Waals surface area contributed by atoms with Crippen LogP contribution in [0.2, 0.25) is 0 Å². The molecule has 104 valence electrons. The van der Waals surface area contributed by atoms with Crippen LogP contribution in [-0.2, 0) is 16.0 Å². The molecule has 0 aliphatic heterocycles. The quantitative estimate of drug-likeness (QED) is 0.587. The van der Waals surface area contributed by atoms with Gasteiger partial charge in [0.25, 0.3) is 0 Å². The van der Waals surface area contributed by atoms with Gasteiger partial charge in [-0.1, -0.05) is 6.07 Å². The third-order valence-corrected chi connectivity index (χ3v) is 2.63. The van der Waals surface area contributed by atoms with Gasteiger partial charge in [-0.2, -0.15) is 0 Å². The highest BCUT2D eigenvalue weighted by Crippen LogP contribution is 2.00. The van der Waals surface area contributed by atoms with Gasteiger partial charge in [0.15, 0.2) is 0 Å². The summed E-state index contributed by atoms with van der Waals surface area (Å²) in [7, 11) is 0. The van der Waals surface area contributed by atoms with Crippen LogP contribution in [-0.4, -0.2) is 34.6 Å². The molecule has 0 saturated carbocycles. The van der Waals surface area contributed by atoms with Crippen LogP contribution in [0.3, 0.4) is 0 Å². The lowest BCUT2D eigenvalue weighted by molar-refractivity contribution is -0.137. The van der Waals surface area contributed by atoms with E-state index >= 15 is 0 Å². The fourth-order valence-electron chi connectivity index (χ4n) is 1.61. The van der Waals surface area contributed by atoms with Crippen molar-refractivity contribution in [1.29, 1.82) is 0 Å². The number of aromatic nitrogens is 1. The highest BCUT2D eigenvalue weighted by Gasteiger charge is 2.13. The van der Waals surface area contributed by atoms with Crippen LogP contribution in [0.15, 0.2) is 24.5 Å². The highest BCUT2D eigenvalue weighted by molar-refractivity contribution is 5.81. The van der Waals surface area contributed by atoms with Gasteiger partial charge in [0.05, 0.1) is 6.04 Å². The topological polar surface area (TPSA) is 105 Å². The first kappa shape index (κ1) is 15.1. The van der Waals surface area contributed by atoms with Crippen molar-refractivity contribution in [2.45, 2.75) is 31.7 Å². The fourth-order valence-corrected chi connectivity index (χ4v) is 1.61. The molecule has 6 nitrogen and oxygen atoms in total. The Kier molecular flexibility index (Phi) is 6.52. The number of nitrogens with one attached hydrogen (secondary N) is 1. The minimum Gasteiger partial charge on any atom is -0.481 e. The van der Waals surface area contributed by atoms with Gasteiger partial charge in [-0.05, 0) is 30.9 Å². The predicted molar refractivity (Wildman–Crippen MR) is 70.4 cm³/mol. The molecule has 4 N–H and O–H groups in total. The van der Waals surface area contributed by atoms with Crippen molar-refractivity contribution in [2.75, 3.05) is 6.54 Å². The Labute approximate surface area is 112 Å². The second kappa shape index (κ2) is 8.20. The summed E-state index contributed by atoms with van der Waals surface area (Å²) in [6, 6.07) is 3.06. The molecule has 0 fully saturated rings. The lowest BCUT2D eigenvalue weighted by atomic mass is 10.1. The van der Waals surface area contributed by atoms with Gasteiger partial charge < -0.3 is 16.2 Å². The number of pyridine rings is 1. The number of amides is 1. The number of aliphatic carboxylic acids is 1. The maximum absolute atomic E-state index is 11.7. The molecule has 0 aromatic carbocycles. The van der Waals surface area contributed by atoms with Crippen LogP contribution in [0, 0.1) is 0 Å². The van der Waals surface area contributed by atoms with Gasteiger partial charge in [-0.25, -0.2) is 0 Å². The van der Waals surface area contributed by atoms with Crippen molar-refractivity contribution in [2.24, 2.45) is 5.73 Å². The molecule has 0 aliphatic carbocycles. The SMILES string of the molecule is N[C@@H](Cc1cccnc1)C(=O)NCCCCC(=O)O. The van der Waals surface area contributed by atoms with Crippen molar-refractivity contribution in [3.8, 4) is 0 Å². The van der Waals surface area contributed by atoms with Crippen molar-refractivity contribution >= 4 is 11.9 Å². The average molecular weight is 265 g/mol. The summed E-state index contributed by atoms with van der Waals surface area (Å²) in [6.45, 7) is 0.451. The van der Waals surface area contributed by atoms with Crippen LogP contribution in [0.25, 0.3) is 0 Å². The van der Waals surface area contributed by atoms with Crippen LogP contribution < -0.4 is 11.1 Å². The highest BCUT2D eigenvalue weighted by atomic mass is 16.4. The van der Waals surface area contributed by atoms with E-state index in [1.807, 2.05) is 6.07 Å². The smallest absolute Gasteiger partial charge is 0.303 e. The zero-order chi connectivity index (χ0) is 14.1. The minimum atomic E-state index is -0.820. The van der Waals surface area contributed by atoms with E-state index in [1.54, 1.807) is 18.5 Å². The van der Waals surface area contributed by atoms with E-state index in [9.17, 15) is 9.59 Å². The Morgan fingerprint density at radius 2 is 2.21 bits per heavy atom. The molecule has 1 rings (SSSR count). The first-order valence-corrected chi connectivity index (χ1v) is 6.23. The summed E-state index contributed by atoms with van der Waals surface area (Å²) in [5, 5.41) is 11.2. The number of hydrogen-bond donors (Lipinski definition) is 3. The lowest BCUT2D eigenvalue weighted by Gasteiger charge is -2.11. The molecule has 0 saturated heterocycles. The number of carbonyl (C=O) groups excluding carboxylic acids is 1. The summed E-state index contributed by atoms with van der Waals surface area (Å²) < 4.78 is 0. The maximum Gasteiger partial charge on any atom is 0.303 e. The van der Waals surface area contributed by atoms with Crippen molar-refractivity contribution in [3.05, 3.63) is 30.1 Å². The molecule has 0 unspecified atom stereocenters. The van der Waals surface area contributed by atoms with Gasteiger partial charge in [0.2, 0.25) is 5.91 Å². The predicted octanol–water partition coefficient (Wildman–Crippen LogP) is 0.322. The molecule has 6 heteroatoms. The zero-order valence-electron chi connectivity index (χ0n) is 10.7. The van der Waals surface area contributed by atoms with E-state index in [1.165, 1.54) is 0 Å². The van der Waals surface area contributed by atoms with Crippen molar-refractivity contribution in [1.82, 2.24) is 10.3 Å². The minimum absolute atomic E-state index is 0.123. The molecule has 1 aromatic rings. The molecule has 1 atom stereocenters. The Morgan fingerprint density at radius 1 is 1.42 bits per heavy atom. The van der Waals surface area contributed by atoms with E-state index in [0.717, 1.165) is 5.56 Å². The molecule has 1 amide bonds. The van der Waals surface area contributed by atoms with E-state index in [-0.39, 0.29) is 12.3 Å². The molecule has 0 spiro atoms. The van der Waals surface area contributed by atoms with Gasteiger partial charge >= 0.3 is 5.97 Å². The molecule has 0 aliphatic rings.